The van der Waals surface area contributed by atoms with E-state index in [1.165, 1.54) is 13.8 Å². The van der Waals surface area contributed by atoms with Gasteiger partial charge in [0.1, 0.15) is 12.4 Å². The van der Waals surface area contributed by atoms with E-state index in [-0.39, 0.29) is 19.0 Å². The van der Waals surface area contributed by atoms with Crippen LogP contribution in [0.4, 0.5) is 30.7 Å². The summed E-state index contributed by atoms with van der Waals surface area (Å²) in [7, 11) is -4.26. The van der Waals surface area contributed by atoms with E-state index in [9.17, 15) is 43.9 Å². The number of amides is 1. The van der Waals surface area contributed by atoms with E-state index in [1.54, 1.807) is 9.62 Å². The molecule has 2 N–H and O–H groups in total. The Morgan fingerprint density at radius 3 is 2.18 bits per heavy atom. The van der Waals surface area contributed by atoms with Gasteiger partial charge in [0.25, 0.3) is 5.91 Å². The van der Waals surface area contributed by atoms with Crippen molar-refractivity contribution < 1.29 is 43.9 Å². The summed E-state index contributed by atoms with van der Waals surface area (Å²) in [6, 6.07) is 1.58. The van der Waals surface area contributed by atoms with Crippen LogP contribution in [0.1, 0.15) is 42.6 Å². The molecule has 34 heavy (non-hydrogen) atoms. The predicted octanol–water partition coefficient (Wildman–Crippen LogP) is 3.55. The first-order valence-corrected chi connectivity index (χ1v) is 11.8. The van der Waals surface area contributed by atoms with Crippen molar-refractivity contribution in [3.63, 3.8) is 0 Å². The minimum absolute atomic E-state index is 0.0111. The zero-order chi connectivity index (χ0) is 25.9. The van der Waals surface area contributed by atoms with Crippen LogP contribution in [0.5, 0.6) is 0 Å². The number of benzene rings is 1. The molecule has 0 saturated carbocycles. The van der Waals surface area contributed by atoms with Crippen LogP contribution in [0.3, 0.4) is 0 Å². The molecule has 1 fully saturated rings. The second-order valence-corrected chi connectivity index (χ2v) is 11.3. The summed E-state index contributed by atoms with van der Waals surface area (Å²) in [5.74, 6) is -2.09. The van der Waals surface area contributed by atoms with Crippen molar-refractivity contribution in [2.75, 3.05) is 32.7 Å². The molecule has 0 atom stereocenters. The van der Waals surface area contributed by atoms with Crippen LogP contribution in [0.2, 0.25) is 0 Å². The van der Waals surface area contributed by atoms with Crippen LogP contribution >= 0.6 is 0 Å². The molecule has 1 aliphatic rings. The molecule has 6 nitrogen and oxygen atoms in total. The number of carbonyl (C=O) groups is 1. The molecule has 1 aromatic rings. The molecule has 1 amide bonds. The van der Waals surface area contributed by atoms with Gasteiger partial charge >= 0.3 is 12.4 Å². The van der Waals surface area contributed by atoms with Crippen molar-refractivity contribution in [1.82, 2.24) is 14.9 Å². The average molecular weight is 521 g/mol. The van der Waals surface area contributed by atoms with Crippen molar-refractivity contribution in [2.24, 2.45) is 5.92 Å². The van der Waals surface area contributed by atoms with Gasteiger partial charge in [0.05, 0.1) is 10.3 Å². The third-order valence-electron chi connectivity index (χ3n) is 5.54. The molecule has 1 heterocycles. The van der Waals surface area contributed by atoms with Gasteiger partial charge in [-0.2, -0.15) is 26.3 Å². The molecule has 14 heteroatoms. The van der Waals surface area contributed by atoms with Crippen molar-refractivity contribution in [2.45, 2.75) is 43.8 Å². The second-order valence-electron chi connectivity index (χ2n) is 8.86. The molecule has 0 radical (unpaired) electrons. The maximum atomic E-state index is 13.5. The normalized spacial score (nSPS) is 17.1. The van der Waals surface area contributed by atoms with Gasteiger partial charge in [0.2, 0.25) is 10.0 Å². The number of hydrogen-bond donors (Lipinski definition) is 2. The fraction of sp³-hybridized carbons (Fsp3) is 0.650. The Kier molecular flexibility index (Phi) is 8.63. The standard InChI is InChI=1S/C20H26F7N3O3S/c1-18(2,34(32,33)29-11-19(22,23)24)12-30-5-3-13(4-6-30)10-28-17(31)14-7-15(20(25,26)27)9-16(21)8-14/h7-9,13,29H,3-6,10-12H2,1-2H3,(H,28,31). The molecule has 1 aromatic carbocycles. The Labute approximate surface area is 192 Å². The fourth-order valence-corrected chi connectivity index (χ4v) is 4.66. The van der Waals surface area contributed by atoms with Gasteiger partial charge in [0.15, 0.2) is 0 Å². The first-order valence-electron chi connectivity index (χ1n) is 10.3. The highest BCUT2D eigenvalue weighted by atomic mass is 32.2. The van der Waals surface area contributed by atoms with E-state index in [1.807, 2.05) is 0 Å². The number of halogens is 7. The van der Waals surface area contributed by atoms with Crippen LogP contribution in [0.25, 0.3) is 0 Å². The van der Waals surface area contributed by atoms with E-state index in [2.05, 4.69) is 5.32 Å². The Morgan fingerprint density at radius 1 is 1.06 bits per heavy atom. The van der Waals surface area contributed by atoms with Crippen molar-refractivity contribution in [1.29, 1.82) is 0 Å². The Balaban J connectivity index is 1.87. The van der Waals surface area contributed by atoms with Crippen LogP contribution in [-0.2, 0) is 16.2 Å². The number of nitrogens with zero attached hydrogens (tertiary/aromatic N) is 1. The smallest absolute Gasteiger partial charge is 0.352 e. The summed E-state index contributed by atoms with van der Waals surface area (Å²) in [6.07, 6.45) is -8.44. The first-order chi connectivity index (χ1) is 15.4. The minimum atomic E-state index is -4.80. The van der Waals surface area contributed by atoms with Crippen LogP contribution < -0.4 is 10.0 Å². The lowest BCUT2D eigenvalue weighted by molar-refractivity contribution is -0.137. The highest BCUT2D eigenvalue weighted by Gasteiger charge is 2.39. The number of alkyl halides is 6. The monoisotopic (exact) mass is 521 g/mol. The first kappa shape index (κ1) is 28.3. The number of nitrogens with one attached hydrogen (secondary N) is 2. The van der Waals surface area contributed by atoms with Crippen molar-refractivity contribution in [3.8, 4) is 0 Å². The molecule has 1 saturated heterocycles. The second kappa shape index (κ2) is 10.4. The van der Waals surface area contributed by atoms with Gasteiger partial charge in [0, 0.05) is 18.7 Å². The van der Waals surface area contributed by atoms with Gasteiger partial charge in [-0.3, -0.25) is 4.79 Å². The molecular formula is C20H26F7N3O3S. The molecular weight excluding hydrogens is 495 g/mol. The molecule has 1 aliphatic heterocycles. The molecule has 0 aromatic heterocycles. The highest BCUT2D eigenvalue weighted by molar-refractivity contribution is 7.90. The highest BCUT2D eigenvalue weighted by Crippen LogP contribution is 2.30. The summed E-state index contributed by atoms with van der Waals surface area (Å²) in [5.41, 5.74) is -1.73. The molecule has 2 rings (SSSR count). The lowest BCUT2D eigenvalue weighted by atomic mass is 9.96. The largest absolute Gasteiger partial charge is 0.416 e. The fourth-order valence-electron chi connectivity index (χ4n) is 3.57. The summed E-state index contributed by atoms with van der Waals surface area (Å²) < 4.78 is 114. The van der Waals surface area contributed by atoms with Crippen molar-refractivity contribution >= 4 is 15.9 Å². The number of carbonyl (C=O) groups excluding carboxylic acids is 1. The Morgan fingerprint density at radius 2 is 1.65 bits per heavy atom. The topological polar surface area (TPSA) is 78.5 Å². The SMILES string of the molecule is CC(C)(CN1CCC(CNC(=O)c2cc(F)cc(C(F)(F)F)c2)CC1)S(=O)(=O)NCC(F)(F)F. The van der Waals surface area contributed by atoms with Crippen LogP contribution in [0.15, 0.2) is 18.2 Å². The van der Waals surface area contributed by atoms with Gasteiger partial charge < -0.3 is 10.2 Å². The molecule has 0 spiro atoms. The molecule has 0 aliphatic carbocycles. The van der Waals surface area contributed by atoms with E-state index >= 15 is 0 Å². The van der Waals surface area contributed by atoms with Gasteiger partial charge in [-0.15, -0.1) is 0 Å². The third kappa shape index (κ3) is 8.08. The molecule has 0 unspecified atom stereocenters. The predicted molar refractivity (Wildman–Crippen MR) is 110 cm³/mol. The zero-order valence-corrected chi connectivity index (χ0v) is 19.3. The van der Waals surface area contributed by atoms with Crippen LogP contribution in [0, 0.1) is 11.7 Å². The van der Waals surface area contributed by atoms with Crippen molar-refractivity contribution in [3.05, 3.63) is 35.1 Å². The van der Waals surface area contributed by atoms with Gasteiger partial charge in [-0.1, -0.05) is 0 Å². The lowest BCUT2D eigenvalue weighted by Gasteiger charge is -2.37. The summed E-state index contributed by atoms with van der Waals surface area (Å²) in [4.78, 5) is 14.0. The Hall–Kier alpha value is -1.93. The number of hydrogen-bond acceptors (Lipinski definition) is 4. The van der Waals surface area contributed by atoms with Gasteiger partial charge in [-0.25, -0.2) is 17.5 Å². The average Bonchev–Trinajstić information content (AvgIpc) is 2.69. The lowest BCUT2D eigenvalue weighted by Crippen LogP contribution is -2.52. The zero-order valence-electron chi connectivity index (χ0n) is 18.5. The number of sulfonamides is 1. The third-order valence-corrected chi connectivity index (χ3v) is 7.65. The summed E-state index contributed by atoms with van der Waals surface area (Å²) >= 11 is 0. The number of likely N-dealkylation sites (tertiary alicyclic amines) is 1. The number of piperidine rings is 1. The summed E-state index contributed by atoms with van der Waals surface area (Å²) in [5, 5.41) is 2.49. The Bertz CT molecular complexity index is 971. The van der Waals surface area contributed by atoms with E-state index in [0.717, 1.165) is 0 Å². The van der Waals surface area contributed by atoms with E-state index in [0.29, 0.717) is 44.1 Å². The summed E-state index contributed by atoms with van der Waals surface area (Å²) in [6.45, 7) is 1.94. The van der Waals surface area contributed by atoms with Gasteiger partial charge in [-0.05, 0) is 63.9 Å². The molecule has 194 valence electrons. The molecule has 0 bridgehead atoms. The minimum Gasteiger partial charge on any atom is -0.352 e. The van der Waals surface area contributed by atoms with Crippen LogP contribution in [-0.4, -0.2) is 62.9 Å². The maximum Gasteiger partial charge on any atom is 0.416 e. The quantitative estimate of drug-likeness (QED) is 0.513. The number of rotatable bonds is 8. The maximum absolute atomic E-state index is 13.5. The van der Waals surface area contributed by atoms with E-state index < -0.39 is 56.5 Å². The van der Waals surface area contributed by atoms with E-state index in [4.69, 9.17) is 0 Å².